The van der Waals surface area contributed by atoms with Crippen LogP contribution in [0.2, 0.25) is 5.02 Å². The number of rotatable bonds is 5. The molecule has 17 heavy (non-hydrogen) atoms. The van der Waals surface area contributed by atoms with Gasteiger partial charge in [0.2, 0.25) is 5.91 Å². The summed E-state index contributed by atoms with van der Waals surface area (Å²) in [5, 5.41) is 11.2. The summed E-state index contributed by atoms with van der Waals surface area (Å²) < 4.78 is 13.3. The molecule has 0 atom stereocenters. The highest BCUT2D eigenvalue weighted by Crippen LogP contribution is 2.19. The topological polar surface area (TPSA) is 52.9 Å². The highest BCUT2D eigenvalue weighted by atomic mass is 35.5. The van der Waals surface area contributed by atoms with E-state index in [0.717, 1.165) is 0 Å². The van der Waals surface area contributed by atoms with Gasteiger partial charge in [-0.25, -0.2) is 4.39 Å². The Kier molecular flexibility index (Phi) is 5.44. The minimum Gasteiger partial charge on any atom is -0.356 e. The maximum Gasteiger partial charge on any atom is 0.224 e. The molecule has 3 nitrogen and oxygen atoms in total. The molecular formula is C12H12ClFN2O. The molecule has 0 fully saturated rings. The first kappa shape index (κ1) is 13.5. The van der Waals surface area contributed by atoms with E-state index in [0.29, 0.717) is 19.4 Å². The fraction of sp³-hybridized carbons (Fsp3) is 0.333. The van der Waals surface area contributed by atoms with Crippen LogP contribution in [0.3, 0.4) is 0 Å². The van der Waals surface area contributed by atoms with Crippen LogP contribution in [0.4, 0.5) is 4.39 Å². The maximum absolute atomic E-state index is 13.3. The van der Waals surface area contributed by atoms with Crippen molar-refractivity contribution in [2.75, 3.05) is 6.54 Å². The maximum atomic E-state index is 13.3. The molecule has 0 spiro atoms. The molecule has 0 bridgehead atoms. The van der Waals surface area contributed by atoms with E-state index < -0.39 is 5.82 Å². The van der Waals surface area contributed by atoms with Crippen molar-refractivity contribution in [3.05, 3.63) is 34.6 Å². The van der Waals surface area contributed by atoms with Gasteiger partial charge in [0.05, 0.1) is 12.5 Å². The van der Waals surface area contributed by atoms with Gasteiger partial charge in [0.25, 0.3) is 0 Å². The van der Waals surface area contributed by atoms with Gasteiger partial charge in [0.15, 0.2) is 0 Å². The van der Waals surface area contributed by atoms with Crippen LogP contribution in [0.1, 0.15) is 18.4 Å². The van der Waals surface area contributed by atoms with Gasteiger partial charge < -0.3 is 5.32 Å². The van der Waals surface area contributed by atoms with E-state index >= 15 is 0 Å². The molecule has 0 radical (unpaired) electrons. The quantitative estimate of drug-likeness (QED) is 0.821. The summed E-state index contributed by atoms with van der Waals surface area (Å²) in [6, 6.07) is 6.28. The molecule has 5 heteroatoms. The van der Waals surface area contributed by atoms with Crippen molar-refractivity contribution >= 4 is 17.5 Å². The molecule has 1 aromatic carbocycles. The van der Waals surface area contributed by atoms with E-state index in [2.05, 4.69) is 5.32 Å². The zero-order chi connectivity index (χ0) is 12.7. The number of unbranched alkanes of at least 4 members (excludes halogenated alkanes) is 1. The Morgan fingerprint density at radius 3 is 2.94 bits per heavy atom. The second kappa shape index (κ2) is 6.87. The number of hydrogen-bond donors (Lipinski definition) is 1. The summed E-state index contributed by atoms with van der Waals surface area (Å²) >= 11 is 5.79. The number of carbonyl (C=O) groups is 1. The monoisotopic (exact) mass is 254 g/mol. The molecule has 1 amide bonds. The van der Waals surface area contributed by atoms with Crippen molar-refractivity contribution in [1.82, 2.24) is 5.32 Å². The lowest BCUT2D eigenvalue weighted by Gasteiger charge is -2.06. The molecule has 1 aromatic rings. The van der Waals surface area contributed by atoms with E-state index in [4.69, 9.17) is 16.9 Å². The number of nitrogens with zero attached hydrogens (tertiary/aromatic N) is 1. The van der Waals surface area contributed by atoms with E-state index in [1.165, 1.54) is 12.1 Å². The third-order valence-corrected chi connectivity index (χ3v) is 2.54. The van der Waals surface area contributed by atoms with Crippen LogP contribution in [0.5, 0.6) is 0 Å². The Labute approximate surface area is 104 Å². The molecule has 0 aliphatic rings. The van der Waals surface area contributed by atoms with E-state index in [1.54, 1.807) is 6.07 Å². The molecule has 1 N–H and O–H groups in total. The molecule has 0 aliphatic heterocycles. The van der Waals surface area contributed by atoms with Crippen LogP contribution in [-0.2, 0) is 11.2 Å². The largest absolute Gasteiger partial charge is 0.356 e. The minimum atomic E-state index is -0.482. The van der Waals surface area contributed by atoms with Gasteiger partial charge in [-0.05, 0) is 18.6 Å². The fourth-order valence-electron chi connectivity index (χ4n) is 1.32. The number of hydrogen-bond acceptors (Lipinski definition) is 2. The molecule has 0 heterocycles. The predicted octanol–water partition coefficient (Wildman–Crippen LogP) is 2.44. The summed E-state index contributed by atoms with van der Waals surface area (Å²) in [4.78, 5) is 11.5. The van der Waals surface area contributed by atoms with Gasteiger partial charge in [0, 0.05) is 23.6 Å². The minimum absolute atomic E-state index is 0.0853. The molecule has 0 aliphatic carbocycles. The molecule has 0 aromatic heterocycles. The number of benzene rings is 1. The van der Waals surface area contributed by atoms with Crippen LogP contribution < -0.4 is 5.32 Å². The molecule has 0 saturated heterocycles. The zero-order valence-electron chi connectivity index (χ0n) is 9.17. The average molecular weight is 255 g/mol. The van der Waals surface area contributed by atoms with Crippen LogP contribution in [-0.4, -0.2) is 12.5 Å². The van der Waals surface area contributed by atoms with Crippen LogP contribution in [0, 0.1) is 17.1 Å². The number of nitrogens with one attached hydrogen (secondary N) is 1. The van der Waals surface area contributed by atoms with Gasteiger partial charge in [-0.3, -0.25) is 4.79 Å². The first-order valence-electron chi connectivity index (χ1n) is 5.21. The average Bonchev–Trinajstić information content (AvgIpc) is 2.30. The third kappa shape index (κ3) is 4.41. The van der Waals surface area contributed by atoms with Gasteiger partial charge in [0.1, 0.15) is 5.82 Å². The van der Waals surface area contributed by atoms with Gasteiger partial charge in [-0.2, -0.15) is 5.26 Å². The Morgan fingerprint density at radius 1 is 1.53 bits per heavy atom. The van der Waals surface area contributed by atoms with E-state index in [1.807, 2.05) is 6.07 Å². The smallest absolute Gasteiger partial charge is 0.224 e. The standard InChI is InChI=1S/C12H12ClFN2O/c13-10-4-3-5-11(14)9(10)8-12(17)16-7-2-1-6-15/h3-5H,1-2,7-8H2,(H,16,17). The highest BCUT2D eigenvalue weighted by molar-refractivity contribution is 6.31. The van der Waals surface area contributed by atoms with Gasteiger partial charge in [-0.15, -0.1) is 0 Å². The number of halogens is 2. The summed E-state index contributed by atoms with van der Waals surface area (Å²) in [6.45, 7) is 0.415. The first-order chi connectivity index (χ1) is 8.15. The first-order valence-corrected chi connectivity index (χ1v) is 5.59. The zero-order valence-corrected chi connectivity index (χ0v) is 9.93. The van der Waals surface area contributed by atoms with Crippen molar-refractivity contribution in [2.24, 2.45) is 0 Å². The number of carbonyl (C=O) groups excluding carboxylic acids is 1. The normalized spacial score (nSPS) is 9.71. The third-order valence-electron chi connectivity index (χ3n) is 2.19. The second-order valence-corrected chi connectivity index (χ2v) is 3.90. The van der Waals surface area contributed by atoms with Crippen molar-refractivity contribution < 1.29 is 9.18 Å². The van der Waals surface area contributed by atoms with Crippen molar-refractivity contribution in [2.45, 2.75) is 19.3 Å². The molecule has 1 rings (SSSR count). The van der Waals surface area contributed by atoms with Crippen molar-refractivity contribution in [1.29, 1.82) is 5.26 Å². The fourth-order valence-corrected chi connectivity index (χ4v) is 1.55. The molecule has 0 saturated carbocycles. The number of amides is 1. The van der Waals surface area contributed by atoms with E-state index in [9.17, 15) is 9.18 Å². The predicted molar refractivity (Wildman–Crippen MR) is 63.0 cm³/mol. The van der Waals surface area contributed by atoms with Crippen molar-refractivity contribution in [3.8, 4) is 6.07 Å². The highest BCUT2D eigenvalue weighted by Gasteiger charge is 2.11. The molecule has 0 unspecified atom stereocenters. The summed E-state index contributed by atoms with van der Waals surface area (Å²) in [6.07, 6.45) is 0.895. The summed E-state index contributed by atoms with van der Waals surface area (Å²) in [7, 11) is 0. The number of nitriles is 1. The Hall–Kier alpha value is -1.60. The van der Waals surface area contributed by atoms with Crippen LogP contribution >= 0.6 is 11.6 Å². The lowest BCUT2D eigenvalue weighted by Crippen LogP contribution is -2.26. The van der Waals surface area contributed by atoms with Gasteiger partial charge >= 0.3 is 0 Å². The second-order valence-electron chi connectivity index (χ2n) is 3.49. The molecule has 90 valence electrons. The lowest BCUT2D eigenvalue weighted by atomic mass is 10.1. The lowest BCUT2D eigenvalue weighted by molar-refractivity contribution is -0.120. The summed E-state index contributed by atoms with van der Waals surface area (Å²) in [5.74, 6) is -0.778. The summed E-state index contributed by atoms with van der Waals surface area (Å²) in [5.41, 5.74) is 0.201. The van der Waals surface area contributed by atoms with Crippen molar-refractivity contribution in [3.63, 3.8) is 0 Å². The Bertz CT molecular complexity index is 422. The van der Waals surface area contributed by atoms with Crippen LogP contribution in [0.25, 0.3) is 0 Å². The van der Waals surface area contributed by atoms with Crippen LogP contribution in [0.15, 0.2) is 18.2 Å². The Balaban J connectivity index is 2.48. The van der Waals surface area contributed by atoms with Gasteiger partial charge in [-0.1, -0.05) is 17.7 Å². The Morgan fingerprint density at radius 2 is 2.29 bits per heavy atom. The van der Waals surface area contributed by atoms with E-state index in [-0.39, 0.29) is 22.9 Å². The molecular weight excluding hydrogens is 243 g/mol. The SMILES string of the molecule is N#CCCCNC(=O)Cc1c(F)cccc1Cl.